The summed E-state index contributed by atoms with van der Waals surface area (Å²) >= 11 is 0. The first-order chi connectivity index (χ1) is 8.17. The Labute approximate surface area is 112 Å². The second-order valence-electron chi connectivity index (χ2n) is 3.63. The second-order valence-corrected chi connectivity index (χ2v) is 3.63. The summed E-state index contributed by atoms with van der Waals surface area (Å²) in [6, 6.07) is 6.18. The lowest BCUT2D eigenvalue weighted by atomic mass is 10.1. The van der Waals surface area contributed by atoms with E-state index in [-0.39, 0.29) is 30.7 Å². The van der Waals surface area contributed by atoms with Gasteiger partial charge < -0.3 is 15.8 Å². The van der Waals surface area contributed by atoms with Crippen molar-refractivity contribution in [3.63, 3.8) is 0 Å². The van der Waals surface area contributed by atoms with Gasteiger partial charge in [0.1, 0.15) is 11.9 Å². The maximum atomic E-state index is 12.6. The van der Waals surface area contributed by atoms with Crippen molar-refractivity contribution in [3.8, 4) is 0 Å². The quantitative estimate of drug-likeness (QED) is 0.811. The molecule has 0 heterocycles. The Morgan fingerprint density at radius 1 is 1.44 bits per heavy atom. The van der Waals surface area contributed by atoms with Crippen molar-refractivity contribution >= 4 is 18.3 Å². The molecule has 0 aromatic heterocycles. The smallest absolute Gasteiger partial charge is 0.250 e. The molecule has 18 heavy (non-hydrogen) atoms. The molecular formula is C12H18ClFN2O2. The largest absolute Gasteiger partial charge is 0.370 e. The monoisotopic (exact) mass is 276 g/mol. The summed E-state index contributed by atoms with van der Waals surface area (Å²) in [5.74, 6) is -0.488. The summed E-state index contributed by atoms with van der Waals surface area (Å²) in [7, 11) is 1.44. The number of methoxy groups -OCH3 is 1. The molecule has 0 saturated carbocycles. The number of nitrogens with two attached hydrogens (primary N) is 1. The van der Waals surface area contributed by atoms with Crippen molar-refractivity contribution in [2.24, 2.45) is 5.73 Å². The van der Waals surface area contributed by atoms with Crippen LogP contribution in [0, 0.1) is 5.82 Å². The molecule has 102 valence electrons. The third kappa shape index (κ3) is 5.44. The predicted octanol–water partition coefficient (Wildman–Crippen LogP) is 0.880. The molecule has 0 fully saturated rings. The van der Waals surface area contributed by atoms with Crippen molar-refractivity contribution in [1.82, 2.24) is 5.32 Å². The number of benzene rings is 1. The van der Waals surface area contributed by atoms with Gasteiger partial charge in [-0.3, -0.25) is 4.79 Å². The van der Waals surface area contributed by atoms with Gasteiger partial charge in [-0.05, 0) is 24.1 Å². The molecule has 1 amide bonds. The normalized spacial score (nSPS) is 11.5. The highest BCUT2D eigenvalue weighted by Crippen LogP contribution is 2.02. The lowest BCUT2D eigenvalue weighted by molar-refractivity contribution is -0.130. The third-order valence-electron chi connectivity index (χ3n) is 2.42. The Hall–Kier alpha value is -1.17. The van der Waals surface area contributed by atoms with Gasteiger partial charge in [0, 0.05) is 20.2 Å². The number of carbonyl (C=O) groups excluding carboxylic acids is 1. The van der Waals surface area contributed by atoms with Gasteiger partial charge in [-0.2, -0.15) is 0 Å². The van der Waals surface area contributed by atoms with Gasteiger partial charge in [-0.15, -0.1) is 12.4 Å². The van der Waals surface area contributed by atoms with E-state index in [4.69, 9.17) is 10.5 Å². The van der Waals surface area contributed by atoms with Crippen LogP contribution in [0.1, 0.15) is 5.56 Å². The fraction of sp³-hybridized carbons (Fsp3) is 0.417. The third-order valence-corrected chi connectivity index (χ3v) is 2.42. The van der Waals surface area contributed by atoms with Crippen LogP contribution in [0.2, 0.25) is 0 Å². The van der Waals surface area contributed by atoms with Gasteiger partial charge >= 0.3 is 0 Å². The van der Waals surface area contributed by atoms with E-state index in [2.05, 4.69) is 5.32 Å². The average molecular weight is 277 g/mol. The fourth-order valence-electron chi connectivity index (χ4n) is 1.41. The molecule has 0 spiro atoms. The first kappa shape index (κ1) is 16.8. The Balaban J connectivity index is 0.00000289. The molecule has 0 saturated heterocycles. The molecule has 0 bridgehead atoms. The van der Waals surface area contributed by atoms with Crippen LogP contribution < -0.4 is 11.1 Å². The highest BCUT2D eigenvalue weighted by Gasteiger charge is 2.14. The van der Waals surface area contributed by atoms with Crippen LogP contribution in [0.25, 0.3) is 0 Å². The first-order valence-corrected chi connectivity index (χ1v) is 5.42. The summed E-state index contributed by atoms with van der Waals surface area (Å²) in [6.45, 7) is 0.628. The number of halogens is 2. The molecular weight excluding hydrogens is 259 g/mol. The molecule has 0 aliphatic rings. The molecule has 0 radical (unpaired) electrons. The number of hydrogen-bond acceptors (Lipinski definition) is 3. The zero-order chi connectivity index (χ0) is 12.7. The van der Waals surface area contributed by atoms with Crippen LogP contribution in [0.3, 0.4) is 0 Å². The fourth-order valence-corrected chi connectivity index (χ4v) is 1.41. The van der Waals surface area contributed by atoms with Crippen LogP contribution in [-0.2, 0) is 16.0 Å². The summed E-state index contributed by atoms with van der Waals surface area (Å²) in [5, 5.41) is 2.71. The van der Waals surface area contributed by atoms with E-state index < -0.39 is 6.10 Å². The van der Waals surface area contributed by atoms with Crippen molar-refractivity contribution < 1.29 is 13.9 Å². The molecule has 0 aliphatic heterocycles. The minimum atomic E-state index is -0.608. The van der Waals surface area contributed by atoms with E-state index in [0.29, 0.717) is 13.0 Å². The van der Waals surface area contributed by atoms with Gasteiger partial charge in [0.15, 0.2) is 0 Å². The highest BCUT2D eigenvalue weighted by molar-refractivity contribution is 5.85. The number of ether oxygens (including phenoxy) is 1. The van der Waals surface area contributed by atoms with Gasteiger partial charge in [-0.25, -0.2) is 4.39 Å². The molecule has 3 N–H and O–H groups in total. The molecule has 1 rings (SSSR count). The first-order valence-electron chi connectivity index (χ1n) is 5.42. The summed E-state index contributed by atoms with van der Waals surface area (Å²) < 4.78 is 17.5. The van der Waals surface area contributed by atoms with Gasteiger partial charge in [0.2, 0.25) is 5.91 Å². The van der Waals surface area contributed by atoms with E-state index in [1.165, 1.54) is 19.2 Å². The molecule has 1 unspecified atom stereocenters. The molecule has 1 atom stereocenters. The Kier molecular flexibility index (Phi) is 8.28. The van der Waals surface area contributed by atoms with Gasteiger partial charge in [0.25, 0.3) is 0 Å². The number of rotatable bonds is 6. The summed E-state index contributed by atoms with van der Waals surface area (Å²) in [6.07, 6.45) is 0.0377. The van der Waals surface area contributed by atoms with E-state index in [1.54, 1.807) is 12.1 Å². The number of amides is 1. The number of hydrogen-bond donors (Lipinski definition) is 2. The lowest BCUT2D eigenvalue weighted by Gasteiger charge is -2.12. The summed E-state index contributed by atoms with van der Waals surface area (Å²) in [5.41, 5.74) is 6.32. The summed E-state index contributed by atoms with van der Waals surface area (Å²) in [4.78, 5) is 11.5. The van der Waals surface area contributed by atoms with Crippen molar-refractivity contribution in [1.29, 1.82) is 0 Å². The minimum absolute atomic E-state index is 0. The van der Waals surface area contributed by atoms with Crippen LogP contribution in [0.4, 0.5) is 4.39 Å². The van der Waals surface area contributed by atoms with E-state index in [0.717, 1.165) is 5.56 Å². The van der Waals surface area contributed by atoms with Crippen LogP contribution in [-0.4, -0.2) is 32.2 Å². The minimum Gasteiger partial charge on any atom is -0.370 e. The Morgan fingerprint density at radius 3 is 2.56 bits per heavy atom. The van der Waals surface area contributed by atoms with Crippen LogP contribution in [0.5, 0.6) is 0 Å². The Bertz CT molecular complexity index is 356. The molecule has 0 aliphatic carbocycles. The van der Waals surface area contributed by atoms with Gasteiger partial charge in [-0.1, -0.05) is 12.1 Å². The number of nitrogens with one attached hydrogen (secondary N) is 1. The molecule has 4 nitrogen and oxygen atoms in total. The van der Waals surface area contributed by atoms with E-state index >= 15 is 0 Å². The van der Waals surface area contributed by atoms with Crippen molar-refractivity contribution in [3.05, 3.63) is 35.6 Å². The molecule has 1 aromatic rings. The Morgan fingerprint density at radius 2 is 2.06 bits per heavy atom. The van der Waals surface area contributed by atoms with Crippen molar-refractivity contribution in [2.75, 3.05) is 20.2 Å². The average Bonchev–Trinajstić information content (AvgIpc) is 2.33. The maximum absolute atomic E-state index is 12.6. The van der Waals surface area contributed by atoms with E-state index in [1.807, 2.05) is 0 Å². The van der Waals surface area contributed by atoms with Crippen LogP contribution >= 0.6 is 12.4 Å². The lowest BCUT2D eigenvalue weighted by Crippen LogP contribution is -2.41. The van der Waals surface area contributed by atoms with Crippen LogP contribution in [0.15, 0.2) is 24.3 Å². The standard InChI is InChI=1S/C12H17FN2O2.ClH/c1-17-11(8-14)12(16)15-7-6-9-2-4-10(13)5-3-9;/h2-5,11H,6-8,14H2,1H3,(H,15,16);1H. The molecule has 1 aromatic carbocycles. The molecule has 6 heteroatoms. The van der Waals surface area contributed by atoms with Gasteiger partial charge in [0.05, 0.1) is 0 Å². The van der Waals surface area contributed by atoms with Crippen molar-refractivity contribution in [2.45, 2.75) is 12.5 Å². The number of carbonyl (C=O) groups is 1. The van der Waals surface area contributed by atoms with E-state index in [9.17, 15) is 9.18 Å². The predicted molar refractivity (Wildman–Crippen MR) is 70.2 cm³/mol. The maximum Gasteiger partial charge on any atom is 0.250 e. The highest BCUT2D eigenvalue weighted by atomic mass is 35.5. The SMILES string of the molecule is COC(CN)C(=O)NCCc1ccc(F)cc1.Cl. The zero-order valence-electron chi connectivity index (χ0n) is 10.2. The zero-order valence-corrected chi connectivity index (χ0v) is 11.0. The topological polar surface area (TPSA) is 64.3 Å². The second kappa shape index (κ2) is 8.85.